The SMILES string of the molecule is CN1CCN(CC2CCCCCC2(O)Cc2ccc(Cl)cc2Cl)CC1. The Morgan fingerprint density at radius 2 is 1.88 bits per heavy atom. The van der Waals surface area contributed by atoms with Gasteiger partial charge in [-0.3, -0.25) is 0 Å². The fraction of sp³-hybridized carbons (Fsp3) is 0.700. The van der Waals surface area contributed by atoms with Crippen LogP contribution in [0.3, 0.4) is 0 Å². The lowest BCUT2D eigenvalue weighted by atomic mass is 9.78. The van der Waals surface area contributed by atoms with E-state index in [9.17, 15) is 5.11 Å². The molecule has 1 saturated heterocycles. The van der Waals surface area contributed by atoms with Crippen molar-refractivity contribution < 1.29 is 5.11 Å². The Morgan fingerprint density at radius 3 is 2.60 bits per heavy atom. The van der Waals surface area contributed by atoms with Crippen LogP contribution in [0.15, 0.2) is 18.2 Å². The number of benzene rings is 1. The second kappa shape index (κ2) is 8.58. The normalized spacial score (nSPS) is 29.5. The molecule has 1 aromatic carbocycles. The van der Waals surface area contributed by atoms with Gasteiger partial charge in [-0.15, -0.1) is 0 Å². The van der Waals surface area contributed by atoms with Gasteiger partial charge in [-0.1, -0.05) is 48.5 Å². The molecule has 0 spiro atoms. The first-order valence-electron chi connectivity index (χ1n) is 9.53. The van der Waals surface area contributed by atoms with Crippen molar-refractivity contribution in [2.75, 3.05) is 39.8 Å². The first-order valence-corrected chi connectivity index (χ1v) is 10.3. The average Bonchev–Trinajstić information content (AvgIpc) is 2.75. The fourth-order valence-electron chi connectivity index (χ4n) is 4.30. The minimum Gasteiger partial charge on any atom is -0.389 e. The topological polar surface area (TPSA) is 26.7 Å². The second-order valence-electron chi connectivity index (χ2n) is 7.92. The minimum atomic E-state index is -0.669. The molecule has 0 bridgehead atoms. The molecule has 3 rings (SSSR count). The van der Waals surface area contributed by atoms with Gasteiger partial charge in [0, 0.05) is 55.1 Å². The maximum Gasteiger partial charge on any atom is 0.0728 e. The van der Waals surface area contributed by atoms with Crippen LogP contribution in [0, 0.1) is 5.92 Å². The van der Waals surface area contributed by atoms with Gasteiger partial charge in [-0.05, 0) is 37.6 Å². The molecule has 0 amide bonds. The highest BCUT2D eigenvalue weighted by atomic mass is 35.5. The van der Waals surface area contributed by atoms with E-state index in [1.807, 2.05) is 12.1 Å². The maximum atomic E-state index is 11.6. The van der Waals surface area contributed by atoms with E-state index in [-0.39, 0.29) is 0 Å². The molecule has 2 aliphatic rings. The zero-order valence-electron chi connectivity index (χ0n) is 15.2. The lowest BCUT2D eigenvalue weighted by Gasteiger charge is -2.41. The van der Waals surface area contributed by atoms with Crippen LogP contribution in [-0.4, -0.2) is 60.3 Å². The van der Waals surface area contributed by atoms with E-state index in [1.54, 1.807) is 6.07 Å². The summed E-state index contributed by atoms with van der Waals surface area (Å²) < 4.78 is 0. The molecule has 1 aliphatic carbocycles. The molecule has 1 saturated carbocycles. The van der Waals surface area contributed by atoms with Crippen LogP contribution in [0.1, 0.15) is 37.7 Å². The highest BCUT2D eigenvalue weighted by molar-refractivity contribution is 6.35. The Bertz CT molecular complexity index is 575. The predicted octanol–water partition coefficient (Wildman–Crippen LogP) is 4.09. The van der Waals surface area contributed by atoms with Crippen molar-refractivity contribution >= 4 is 23.2 Å². The number of likely N-dealkylation sites (N-methyl/N-ethyl adjacent to an activating group) is 1. The van der Waals surface area contributed by atoms with E-state index >= 15 is 0 Å². The maximum absolute atomic E-state index is 11.6. The molecule has 1 N–H and O–H groups in total. The molecule has 1 aliphatic heterocycles. The van der Waals surface area contributed by atoms with Gasteiger partial charge in [0.15, 0.2) is 0 Å². The summed E-state index contributed by atoms with van der Waals surface area (Å²) in [7, 11) is 2.18. The molecule has 1 heterocycles. The zero-order chi connectivity index (χ0) is 17.9. The standard InChI is InChI=1S/C20H30Cl2N2O/c1-23-9-11-24(12-10-23)15-17-5-3-2-4-8-20(17,25)14-16-6-7-18(21)13-19(16)22/h6-7,13,17,25H,2-5,8-12,14-15H2,1H3. The summed E-state index contributed by atoms with van der Waals surface area (Å²) in [4.78, 5) is 4.91. The van der Waals surface area contributed by atoms with Gasteiger partial charge in [-0.25, -0.2) is 0 Å². The van der Waals surface area contributed by atoms with Crippen LogP contribution in [0.4, 0.5) is 0 Å². The number of hydrogen-bond donors (Lipinski definition) is 1. The zero-order valence-corrected chi connectivity index (χ0v) is 16.7. The van der Waals surface area contributed by atoms with Crippen LogP contribution in [0.25, 0.3) is 0 Å². The number of hydrogen-bond acceptors (Lipinski definition) is 3. The van der Waals surface area contributed by atoms with Crippen LogP contribution in [-0.2, 0) is 6.42 Å². The summed E-state index contributed by atoms with van der Waals surface area (Å²) in [6.07, 6.45) is 6.13. The third kappa shape index (κ3) is 5.11. The van der Waals surface area contributed by atoms with E-state index in [1.165, 1.54) is 12.8 Å². The molecule has 1 aromatic rings. The summed E-state index contributed by atoms with van der Waals surface area (Å²) in [5.41, 5.74) is 0.343. The molecule has 2 unspecified atom stereocenters. The van der Waals surface area contributed by atoms with Gasteiger partial charge in [0.1, 0.15) is 0 Å². The van der Waals surface area contributed by atoms with Crippen molar-refractivity contribution in [1.82, 2.24) is 9.80 Å². The second-order valence-corrected chi connectivity index (χ2v) is 8.76. The highest BCUT2D eigenvalue weighted by Gasteiger charge is 2.39. The van der Waals surface area contributed by atoms with E-state index < -0.39 is 5.60 Å². The minimum absolute atomic E-state index is 0.310. The van der Waals surface area contributed by atoms with Gasteiger partial charge in [0.05, 0.1) is 5.60 Å². The first-order chi connectivity index (χ1) is 12.0. The molecule has 140 valence electrons. The van der Waals surface area contributed by atoms with Gasteiger partial charge in [0.25, 0.3) is 0 Å². The number of piperazine rings is 1. The molecule has 3 nitrogen and oxygen atoms in total. The summed E-state index contributed by atoms with van der Waals surface area (Å²) in [5, 5.41) is 12.9. The number of rotatable bonds is 4. The fourth-order valence-corrected chi connectivity index (χ4v) is 4.78. The van der Waals surface area contributed by atoms with Gasteiger partial charge < -0.3 is 14.9 Å². The number of aliphatic hydroxyl groups is 1. The summed E-state index contributed by atoms with van der Waals surface area (Å²) in [5.74, 6) is 0.310. The Labute approximate surface area is 161 Å². The van der Waals surface area contributed by atoms with Gasteiger partial charge in [-0.2, -0.15) is 0 Å². The monoisotopic (exact) mass is 384 g/mol. The summed E-state index contributed by atoms with van der Waals surface area (Å²) in [6, 6.07) is 5.63. The van der Waals surface area contributed by atoms with Crippen LogP contribution in [0.2, 0.25) is 10.0 Å². The van der Waals surface area contributed by atoms with Gasteiger partial charge in [0.2, 0.25) is 0 Å². The van der Waals surface area contributed by atoms with Crippen LogP contribution >= 0.6 is 23.2 Å². The number of halogens is 2. The third-order valence-electron chi connectivity index (χ3n) is 6.01. The molecule has 2 fully saturated rings. The van der Waals surface area contributed by atoms with Crippen molar-refractivity contribution in [1.29, 1.82) is 0 Å². The molecule has 2 atom stereocenters. The Morgan fingerprint density at radius 1 is 1.12 bits per heavy atom. The van der Waals surface area contributed by atoms with E-state index in [0.29, 0.717) is 22.4 Å². The predicted molar refractivity (Wildman–Crippen MR) is 106 cm³/mol. The van der Waals surface area contributed by atoms with Crippen molar-refractivity contribution in [2.45, 2.75) is 44.1 Å². The quantitative estimate of drug-likeness (QED) is 0.791. The first kappa shape index (κ1) is 19.4. The number of nitrogens with zero attached hydrogens (tertiary/aromatic N) is 2. The lowest BCUT2D eigenvalue weighted by Crippen LogP contribution is -2.50. The van der Waals surface area contributed by atoms with Crippen molar-refractivity contribution in [2.24, 2.45) is 5.92 Å². The molecule has 0 aromatic heterocycles. The Kier molecular flexibility index (Phi) is 6.67. The highest BCUT2D eigenvalue weighted by Crippen LogP contribution is 2.37. The summed E-state index contributed by atoms with van der Waals surface area (Å²) >= 11 is 12.4. The Balaban J connectivity index is 1.74. The molecular weight excluding hydrogens is 355 g/mol. The van der Waals surface area contributed by atoms with Crippen LogP contribution in [0.5, 0.6) is 0 Å². The van der Waals surface area contributed by atoms with Crippen molar-refractivity contribution in [3.05, 3.63) is 33.8 Å². The van der Waals surface area contributed by atoms with Crippen molar-refractivity contribution in [3.8, 4) is 0 Å². The largest absolute Gasteiger partial charge is 0.389 e. The third-order valence-corrected chi connectivity index (χ3v) is 6.60. The van der Waals surface area contributed by atoms with E-state index in [0.717, 1.165) is 57.5 Å². The smallest absolute Gasteiger partial charge is 0.0728 e. The average molecular weight is 385 g/mol. The molecular formula is C20H30Cl2N2O. The van der Waals surface area contributed by atoms with Gasteiger partial charge >= 0.3 is 0 Å². The molecule has 0 radical (unpaired) electrons. The van der Waals surface area contributed by atoms with Crippen molar-refractivity contribution in [3.63, 3.8) is 0 Å². The Hall–Kier alpha value is -0.320. The lowest BCUT2D eigenvalue weighted by molar-refractivity contribution is -0.0405. The van der Waals surface area contributed by atoms with E-state index in [2.05, 4.69) is 16.8 Å². The van der Waals surface area contributed by atoms with Crippen LogP contribution < -0.4 is 0 Å². The molecule has 25 heavy (non-hydrogen) atoms. The summed E-state index contributed by atoms with van der Waals surface area (Å²) in [6.45, 7) is 5.44. The molecule has 5 heteroatoms. The van der Waals surface area contributed by atoms with E-state index in [4.69, 9.17) is 23.2 Å².